The maximum absolute atomic E-state index is 13.0. The first-order valence-corrected chi connectivity index (χ1v) is 8.77. The third-order valence-corrected chi connectivity index (χ3v) is 5.61. The van der Waals surface area contributed by atoms with Gasteiger partial charge in [-0.25, -0.2) is 4.39 Å². The van der Waals surface area contributed by atoms with Crippen LogP contribution in [-0.2, 0) is 16.0 Å². The molecule has 0 bridgehead atoms. The van der Waals surface area contributed by atoms with Gasteiger partial charge in [-0.05, 0) is 43.4 Å². The molecule has 0 aliphatic carbocycles. The lowest BCUT2D eigenvalue weighted by Gasteiger charge is -2.40. The molecule has 2 amide bonds. The third-order valence-electron chi connectivity index (χ3n) is 5.61. The molecule has 0 aromatic heterocycles. The first-order chi connectivity index (χ1) is 11.8. The molecular formula is C19H25FN2O3. The number of hydrogen-bond acceptors (Lipinski definition) is 3. The molecule has 1 aromatic carbocycles. The van der Waals surface area contributed by atoms with Gasteiger partial charge in [0.15, 0.2) is 0 Å². The molecule has 136 valence electrons. The fraction of sp³-hybridized carbons (Fsp3) is 0.579. The molecule has 2 aliphatic heterocycles. The number of hydrogen-bond donors (Lipinski definition) is 1. The second kappa shape index (κ2) is 6.75. The zero-order valence-electron chi connectivity index (χ0n) is 14.7. The number of carbonyl (C=O) groups excluding carboxylic acids is 2. The van der Waals surface area contributed by atoms with Crippen LogP contribution in [0.5, 0.6) is 0 Å². The molecule has 0 spiro atoms. The second-order valence-corrected chi connectivity index (χ2v) is 7.51. The minimum absolute atomic E-state index is 0.0184. The Kier molecular flexibility index (Phi) is 4.82. The van der Waals surface area contributed by atoms with E-state index in [4.69, 9.17) is 0 Å². The Hall–Kier alpha value is -1.95. The van der Waals surface area contributed by atoms with Crippen molar-refractivity contribution in [1.82, 2.24) is 9.80 Å². The summed E-state index contributed by atoms with van der Waals surface area (Å²) in [6.45, 7) is 4.60. The molecule has 2 saturated heterocycles. The number of nitrogens with zero attached hydrogens (tertiary/aromatic N) is 2. The van der Waals surface area contributed by atoms with Gasteiger partial charge in [0.1, 0.15) is 5.82 Å². The molecule has 3 atom stereocenters. The summed E-state index contributed by atoms with van der Waals surface area (Å²) in [4.78, 5) is 28.3. The molecule has 2 heterocycles. The monoisotopic (exact) mass is 348 g/mol. The van der Waals surface area contributed by atoms with Crippen LogP contribution in [0.15, 0.2) is 24.3 Å². The Morgan fingerprint density at radius 3 is 2.60 bits per heavy atom. The predicted molar refractivity (Wildman–Crippen MR) is 91.2 cm³/mol. The topological polar surface area (TPSA) is 60.9 Å². The van der Waals surface area contributed by atoms with Crippen molar-refractivity contribution in [2.75, 3.05) is 19.7 Å². The number of carbonyl (C=O) groups is 2. The standard InChI is InChI=1S/C19H25FN2O3/c1-13(24)22-17-7-8-21(11-15(17)10-19(22,2)12-23)18(25)9-14-3-5-16(20)6-4-14/h3-6,15,17,23H,7-12H2,1-2H3/t15-,17-,19+/m0/s1. The van der Waals surface area contributed by atoms with E-state index in [2.05, 4.69) is 0 Å². The van der Waals surface area contributed by atoms with Crippen LogP contribution in [0.25, 0.3) is 0 Å². The van der Waals surface area contributed by atoms with E-state index in [0.717, 1.165) is 12.0 Å². The summed E-state index contributed by atoms with van der Waals surface area (Å²) < 4.78 is 13.0. The Morgan fingerprint density at radius 1 is 1.32 bits per heavy atom. The van der Waals surface area contributed by atoms with Gasteiger partial charge in [0.25, 0.3) is 0 Å². The molecule has 6 heteroatoms. The molecule has 0 radical (unpaired) electrons. The number of halogens is 1. The zero-order chi connectivity index (χ0) is 18.2. The fourth-order valence-corrected chi connectivity index (χ4v) is 4.49. The van der Waals surface area contributed by atoms with Gasteiger partial charge in [-0.15, -0.1) is 0 Å². The number of aliphatic hydroxyl groups excluding tert-OH is 1. The molecule has 5 nitrogen and oxygen atoms in total. The van der Waals surface area contributed by atoms with Crippen molar-refractivity contribution in [1.29, 1.82) is 0 Å². The van der Waals surface area contributed by atoms with Crippen LogP contribution >= 0.6 is 0 Å². The Balaban J connectivity index is 1.68. The summed E-state index contributed by atoms with van der Waals surface area (Å²) in [5, 5.41) is 9.78. The highest BCUT2D eigenvalue weighted by Crippen LogP contribution is 2.42. The summed E-state index contributed by atoms with van der Waals surface area (Å²) in [5.41, 5.74) is 0.252. The number of rotatable bonds is 3. The lowest BCUT2D eigenvalue weighted by molar-refractivity contribution is -0.138. The van der Waals surface area contributed by atoms with E-state index in [1.165, 1.54) is 12.1 Å². The van der Waals surface area contributed by atoms with Crippen molar-refractivity contribution in [2.45, 2.75) is 44.7 Å². The van der Waals surface area contributed by atoms with Gasteiger partial charge in [0.05, 0.1) is 18.6 Å². The second-order valence-electron chi connectivity index (χ2n) is 7.51. The highest BCUT2D eigenvalue weighted by atomic mass is 19.1. The molecule has 1 N–H and O–H groups in total. The van der Waals surface area contributed by atoms with Crippen molar-refractivity contribution >= 4 is 11.8 Å². The largest absolute Gasteiger partial charge is 0.394 e. The zero-order valence-corrected chi connectivity index (χ0v) is 14.7. The first-order valence-electron chi connectivity index (χ1n) is 8.77. The van der Waals surface area contributed by atoms with Crippen molar-refractivity contribution in [3.05, 3.63) is 35.6 Å². The molecule has 3 rings (SSSR count). The number of piperidine rings is 1. The van der Waals surface area contributed by atoms with Crippen LogP contribution in [0.4, 0.5) is 4.39 Å². The molecule has 2 fully saturated rings. The van der Waals surface area contributed by atoms with Gasteiger partial charge in [0, 0.05) is 26.1 Å². The van der Waals surface area contributed by atoms with E-state index >= 15 is 0 Å². The van der Waals surface area contributed by atoms with E-state index in [1.54, 1.807) is 19.1 Å². The number of likely N-dealkylation sites (tertiary alicyclic amines) is 2. The van der Waals surface area contributed by atoms with Crippen molar-refractivity contribution in [2.24, 2.45) is 5.92 Å². The van der Waals surface area contributed by atoms with Crippen molar-refractivity contribution < 1.29 is 19.1 Å². The summed E-state index contributed by atoms with van der Waals surface area (Å²) in [6, 6.07) is 6.09. The van der Waals surface area contributed by atoms with E-state index in [1.807, 2.05) is 16.7 Å². The quantitative estimate of drug-likeness (QED) is 0.902. The normalized spacial score (nSPS) is 28.8. The van der Waals surface area contributed by atoms with E-state index in [9.17, 15) is 19.1 Å². The average molecular weight is 348 g/mol. The summed E-state index contributed by atoms with van der Waals surface area (Å²) >= 11 is 0. The maximum atomic E-state index is 13.0. The van der Waals surface area contributed by atoms with E-state index in [-0.39, 0.29) is 42.6 Å². The van der Waals surface area contributed by atoms with Crippen molar-refractivity contribution in [3.8, 4) is 0 Å². The SMILES string of the molecule is CC(=O)N1[C@H]2CCN(C(=O)Cc3ccc(F)cc3)C[C@@H]2C[C@]1(C)CO. The summed E-state index contributed by atoms with van der Waals surface area (Å²) in [7, 11) is 0. The number of aliphatic hydroxyl groups is 1. The van der Waals surface area contributed by atoms with Gasteiger partial charge in [-0.3, -0.25) is 9.59 Å². The average Bonchev–Trinajstić information content (AvgIpc) is 2.88. The molecular weight excluding hydrogens is 323 g/mol. The van der Waals surface area contributed by atoms with Gasteiger partial charge in [0.2, 0.25) is 11.8 Å². The molecule has 0 unspecified atom stereocenters. The minimum Gasteiger partial charge on any atom is -0.394 e. The summed E-state index contributed by atoms with van der Waals surface area (Å²) in [5.74, 6) is -0.116. The van der Waals surface area contributed by atoms with E-state index < -0.39 is 5.54 Å². The Morgan fingerprint density at radius 2 is 2.00 bits per heavy atom. The molecule has 2 aliphatic rings. The minimum atomic E-state index is -0.544. The number of amides is 2. The molecule has 1 aromatic rings. The van der Waals surface area contributed by atoms with Crippen LogP contribution in [0.3, 0.4) is 0 Å². The third kappa shape index (κ3) is 3.40. The number of benzene rings is 1. The van der Waals surface area contributed by atoms with Gasteiger partial charge in [-0.1, -0.05) is 12.1 Å². The molecule has 0 saturated carbocycles. The maximum Gasteiger partial charge on any atom is 0.227 e. The highest BCUT2D eigenvalue weighted by Gasteiger charge is 2.51. The summed E-state index contributed by atoms with van der Waals surface area (Å²) in [6.07, 6.45) is 1.69. The van der Waals surface area contributed by atoms with Crippen molar-refractivity contribution in [3.63, 3.8) is 0 Å². The number of fused-ring (bicyclic) bond motifs is 1. The highest BCUT2D eigenvalue weighted by molar-refractivity contribution is 5.79. The predicted octanol–water partition coefficient (Wildman–Crippen LogP) is 1.59. The Labute approximate surface area is 147 Å². The van der Waals surface area contributed by atoms with E-state index in [0.29, 0.717) is 19.5 Å². The molecule has 25 heavy (non-hydrogen) atoms. The van der Waals surface area contributed by atoms with Gasteiger partial charge < -0.3 is 14.9 Å². The van der Waals surface area contributed by atoms with Crippen LogP contribution in [0.1, 0.15) is 32.3 Å². The van der Waals surface area contributed by atoms with Gasteiger partial charge in [-0.2, -0.15) is 0 Å². The lowest BCUT2D eigenvalue weighted by Crippen LogP contribution is -2.53. The first kappa shape index (κ1) is 17.9. The van der Waals surface area contributed by atoms with Gasteiger partial charge >= 0.3 is 0 Å². The van der Waals surface area contributed by atoms with Crippen LogP contribution in [-0.4, -0.2) is 58.0 Å². The Bertz CT molecular complexity index is 663. The van der Waals surface area contributed by atoms with Crippen LogP contribution in [0.2, 0.25) is 0 Å². The smallest absolute Gasteiger partial charge is 0.227 e. The fourth-order valence-electron chi connectivity index (χ4n) is 4.49. The van der Waals surface area contributed by atoms with Crippen LogP contribution < -0.4 is 0 Å². The lowest BCUT2D eigenvalue weighted by atomic mass is 9.89. The van der Waals surface area contributed by atoms with Crippen LogP contribution in [0, 0.1) is 11.7 Å².